The van der Waals surface area contributed by atoms with Crippen molar-refractivity contribution in [1.82, 2.24) is 15.1 Å². The maximum Gasteiger partial charge on any atom is 0.0625 e. The summed E-state index contributed by atoms with van der Waals surface area (Å²) in [6, 6.07) is 0. The van der Waals surface area contributed by atoms with E-state index in [1.807, 2.05) is 24.1 Å². The molecular formula is C11H19N3S. The van der Waals surface area contributed by atoms with Crippen LogP contribution in [0.3, 0.4) is 0 Å². The Morgan fingerprint density at radius 2 is 2.47 bits per heavy atom. The van der Waals surface area contributed by atoms with Crippen molar-refractivity contribution in [3.8, 4) is 0 Å². The monoisotopic (exact) mass is 225 g/mol. The van der Waals surface area contributed by atoms with Crippen LogP contribution in [0, 0.1) is 0 Å². The van der Waals surface area contributed by atoms with Crippen LogP contribution in [-0.4, -0.2) is 28.6 Å². The van der Waals surface area contributed by atoms with Crippen molar-refractivity contribution in [2.75, 3.05) is 18.8 Å². The van der Waals surface area contributed by atoms with Gasteiger partial charge in [-0.25, -0.2) is 0 Å². The van der Waals surface area contributed by atoms with Gasteiger partial charge in [-0.2, -0.15) is 5.10 Å². The van der Waals surface area contributed by atoms with Crippen LogP contribution < -0.4 is 5.32 Å². The molecule has 4 heteroatoms. The van der Waals surface area contributed by atoms with Gasteiger partial charge in [0.05, 0.1) is 6.20 Å². The van der Waals surface area contributed by atoms with Gasteiger partial charge in [0, 0.05) is 30.4 Å². The quantitative estimate of drug-likeness (QED) is 0.438. The van der Waals surface area contributed by atoms with Crippen molar-refractivity contribution < 1.29 is 0 Å². The molecule has 0 fully saturated rings. The van der Waals surface area contributed by atoms with Crippen LogP contribution >= 0.6 is 11.8 Å². The summed E-state index contributed by atoms with van der Waals surface area (Å²) < 4.78 is 1.82. The molecule has 1 heterocycles. The lowest BCUT2D eigenvalue weighted by Crippen LogP contribution is -2.18. The Morgan fingerprint density at radius 3 is 3.07 bits per heavy atom. The summed E-state index contributed by atoms with van der Waals surface area (Å²) in [4.78, 5) is 1.20. The Morgan fingerprint density at radius 1 is 1.67 bits per heavy atom. The molecule has 0 saturated heterocycles. The predicted octanol–water partition coefficient (Wildman–Crippen LogP) is 2.07. The lowest BCUT2D eigenvalue weighted by Gasteiger charge is -2.05. The SMILES string of the molecule is C=C(CNCCC)CSc1cnn(C)c1. The minimum Gasteiger partial charge on any atom is -0.313 e. The molecule has 84 valence electrons. The molecule has 1 rings (SSSR count). The van der Waals surface area contributed by atoms with E-state index in [2.05, 4.69) is 23.9 Å². The molecule has 0 spiro atoms. The van der Waals surface area contributed by atoms with E-state index >= 15 is 0 Å². The van der Waals surface area contributed by atoms with E-state index in [-0.39, 0.29) is 0 Å². The Balaban J connectivity index is 2.16. The van der Waals surface area contributed by atoms with Crippen molar-refractivity contribution in [1.29, 1.82) is 0 Å². The number of hydrogen-bond donors (Lipinski definition) is 1. The molecule has 0 radical (unpaired) electrons. The molecule has 15 heavy (non-hydrogen) atoms. The van der Waals surface area contributed by atoms with E-state index in [1.165, 1.54) is 16.9 Å². The van der Waals surface area contributed by atoms with Gasteiger partial charge in [0.1, 0.15) is 0 Å². The summed E-state index contributed by atoms with van der Waals surface area (Å²) in [5.41, 5.74) is 1.23. The van der Waals surface area contributed by atoms with Crippen LogP contribution in [0.1, 0.15) is 13.3 Å². The van der Waals surface area contributed by atoms with Crippen molar-refractivity contribution in [3.05, 3.63) is 24.5 Å². The molecule has 3 nitrogen and oxygen atoms in total. The highest BCUT2D eigenvalue weighted by molar-refractivity contribution is 7.99. The van der Waals surface area contributed by atoms with Crippen LogP contribution in [0.2, 0.25) is 0 Å². The molecule has 0 aliphatic rings. The number of nitrogens with zero attached hydrogens (tertiary/aromatic N) is 2. The molecule has 0 bridgehead atoms. The van der Waals surface area contributed by atoms with Gasteiger partial charge < -0.3 is 5.32 Å². The maximum atomic E-state index is 4.12. The molecule has 1 aromatic rings. The summed E-state index contributed by atoms with van der Waals surface area (Å²) in [5, 5.41) is 7.46. The van der Waals surface area contributed by atoms with Gasteiger partial charge in [-0.1, -0.05) is 19.1 Å². The summed E-state index contributed by atoms with van der Waals surface area (Å²) >= 11 is 1.78. The normalized spacial score (nSPS) is 10.5. The Kier molecular flexibility index (Phi) is 5.50. The van der Waals surface area contributed by atoms with Crippen LogP contribution in [0.15, 0.2) is 29.4 Å². The zero-order valence-electron chi connectivity index (χ0n) is 9.49. The summed E-state index contributed by atoms with van der Waals surface area (Å²) in [7, 11) is 1.93. The van der Waals surface area contributed by atoms with Gasteiger partial charge in [-0.05, 0) is 13.0 Å². The first-order valence-corrected chi connectivity index (χ1v) is 6.19. The summed E-state index contributed by atoms with van der Waals surface area (Å²) in [5.74, 6) is 0.961. The fraction of sp³-hybridized carbons (Fsp3) is 0.545. The first-order valence-electron chi connectivity index (χ1n) is 5.21. The van der Waals surface area contributed by atoms with Crippen molar-refractivity contribution in [3.63, 3.8) is 0 Å². The van der Waals surface area contributed by atoms with Crippen LogP contribution in [0.4, 0.5) is 0 Å². The minimum absolute atomic E-state index is 0.918. The molecule has 0 saturated carbocycles. The predicted molar refractivity (Wildman–Crippen MR) is 66.2 cm³/mol. The highest BCUT2D eigenvalue weighted by atomic mass is 32.2. The zero-order chi connectivity index (χ0) is 11.1. The second-order valence-electron chi connectivity index (χ2n) is 3.57. The molecule has 0 aromatic carbocycles. The third-order valence-electron chi connectivity index (χ3n) is 1.93. The average molecular weight is 225 g/mol. The molecule has 0 amide bonds. The van der Waals surface area contributed by atoms with Gasteiger partial charge in [0.25, 0.3) is 0 Å². The number of thioether (sulfide) groups is 1. The number of aromatic nitrogens is 2. The van der Waals surface area contributed by atoms with Gasteiger partial charge in [-0.15, -0.1) is 11.8 Å². The van der Waals surface area contributed by atoms with E-state index in [9.17, 15) is 0 Å². The first kappa shape index (κ1) is 12.3. The standard InChI is InChI=1S/C11H19N3S/c1-4-5-12-6-10(2)9-15-11-7-13-14(3)8-11/h7-8,12H,2,4-6,9H2,1,3H3. The molecular weight excluding hydrogens is 206 g/mol. The maximum absolute atomic E-state index is 4.12. The van der Waals surface area contributed by atoms with Gasteiger partial charge >= 0.3 is 0 Å². The highest BCUT2D eigenvalue weighted by Gasteiger charge is 1.99. The highest BCUT2D eigenvalue weighted by Crippen LogP contribution is 2.18. The smallest absolute Gasteiger partial charge is 0.0625 e. The Hall–Kier alpha value is -0.740. The van der Waals surface area contributed by atoms with Gasteiger partial charge in [0.2, 0.25) is 0 Å². The fourth-order valence-electron chi connectivity index (χ4n) is 1.15. The Labute approximate surface area is 95.9 Å². The third kappa shape index (κ3) is 5.04. The second kappa shape index (κ2) is 6.69. The molecule has 0 atom stereocenters. The molecule has 0 unspecified atom stereocenters. The fourth-order valence-corrected chi connectivity index (χ4v) is 1.97. The van der Waals surface area contributed by atoms with E-state index in [0.717, 1.165) is 18.8 Å². The molecule has 1 N–H and O–H groups in total. The molecule has 0 aliphatic heterocycles. The summed E-state index contributed by atoms with van der Waals surface area (Å²) in [6.07, 6.45) is 5.08. The molecule has 1 aromatic heterocycles. The van der Waals surface area contributed by atoms with Crippen molar-refractivity contribution >= 4 is 11.8 Å². The Bertz CT molecular complexity index is 307. The second-order valence-corrected chi connectivity index (χ2v) is 4.61. The van der Waals surface area contributed by atoms with Crippen LogP contribution in [-0.2, 0) is 7.05 Å². The number of rotatable bonds is 7. The van der Waals surface area contributed by atoms with Crippen LogP contribution in [0.5, 0.6) is 0 Å². The van der Waals surface area contributed by atoms with Gasteiger partial charge in [-0.3, -0.25) is 4.68 Å². The van der Waals surface area contributed by atoms with Gasteiger partial charge in [0.15, 0.2) is 0 Å². The summed E-state index contributed by atoms with van der Waals surface area (Å²) in [6.45, 7) is 8.19. The number of nitrogens with one attached hydrogen (secondary N) is 1. The minimum atomic E-state index is 0.918. The van der Waals surface area contributed by atoms with E-state index in [1.54, 1.807) is 11.8 Å². The topological polar surface area (TPSA) is 29.9 Å². The molecule has 0 aliphatic carbocycles. The van der Waals surface area contributed by atoms with Crippen LogP contribution in [0.25, 0.3) is 0 Å². The zero-order valence-corrected chi connectivity index (χ0v) is 10.3. The average Bonchev–Trinajstić information content (AvgIpc) is 2.62. The number of hydrogen-bond acceptors (Lipinski definition) is 3. The lowest BCUT2D eigenvalue weighted by molar-refractivity contribution is 0.716. The third-order valence-corrected chi connectivity index (χ3v) is 3.02. The number of aryl methyl sites for hydroxylation is 1. The first-order chi connectivity index (χ1) is 7.22. The van der Waals surface area contributed by atoms with E-state index < -0.39 is 0 Å². The van der Waals surface area contributed by atoms with Crippen molar-refractivity contribution in [2.45, 2.75) is 18.2 Å². The van der Waals surface area contributed by atoms with E-state index in [4.69, 9.17) is 0 Å². The lowest BCUT2D eigenvalue weighted by atomic mass is 10.3. The van der Waals surface area contributed by atoms with Crippen molar-refractivity contribution in [2.24, 2.45) is 7.05 Å². The van der Waals surface area contributed by atoms with E-state index in [0.29, 0.717) is 0 Å². The largest absolute Gasteiger partial charge is 0.313 e.